The van der Waals surface area contributed by atoms with Gasteiger partial charge in [-0.3, -0.25) is 23.6 Å². The van der Waals surface area contributed by atoms with Crippen LogP contribution in [0.3, 0.4) is 0 Å². The van der Waals surface area contributed by atoms with Crippen molar-refractivity contribution in [2.24, 2.45) is 28.8 Å². The number of aromatic hydroxyl groups is 3. The van der Waals surface area contributed by atoms with Crippen molar-refractivity contribution < 1.29 is 68.1 Å². The van der Waals surface area contributed by atoms with E-state index in [1.807, 2.05) is 11.0 Å². The number of nitrogens with zero attached hydrogens (tertiary/aromatic N) is 3. The van der Waals surface area contributed by atoms with Gasteiger partial charge in [0, 0.05) is 79.7 Å². The molecule has 1 amide bonds. The third kappa shape index (κ3) is 9.92. The molecule has 9 rings (SSSR count). The van der Waals surface area contributed by atoms with Gasteiger partial charge in [0.15, 0.2) is 11.6 Å². The molecule has 1 aliphatic carbocycles. The summed E-state index contributed by atoms with van der Waals surface area (Å²) in [5, 5.41) is 65.4. The van der Waals surface area contributed by atoms with Crippen LogP contribution < -0.4 is 20.5 Å². The molecule has 10 atom stereocenters. The van der Waals surface area contributed by atoms with E-state index in [9.17, 15) is 44.7 Å². The number of nitrogens with one attached hydrogen (secondary N) is 1. The van der Waals surface area contributed by atoms with Gasteiger partial charge in [0.25, 0.3) is 17.2 Å². The molecule has 402 valence electrons. The first-order valence-corrected chi connectivity index (χ1v) is 25.3. The minimum absolute atomic E-state index is 0.00822. The number of hydrogen-bond donors (Lipinski definition) is 6. The van der Waals surface area contributed by atoms with Gasteiger partial charge < -0.3 is 59.5 Å². The summed E-state index contributed by atoms with van der Waals surface area (Å²) in [7, 11) is 1.42. The first kappa shape index (κ1) is 54.3. The standard InChI is InChI=1S/C56H67FN4O14/c1-25-13-12-14-26(2)54(69)59-43-37(22-58-75-35-17-19-60(23-35)45-29(5)44-36(34-15-16-34)21-27(3)55(70)61(44)24-38(45)57)49(66)40-41(50(43)67)48(65)32(8)52-42(40)53(68)56(10,74-52)72-20-18-39(71-11)28(4)51(73-33(9)62)31(7)47(64)30(6)46(25)63/h12-14,18,20-22,24-25,28,30-31,34-35,39,46-47,51,63-67H,15-17,19,23H2,1-11H3,(H,59,69)/b13-12+,20-18+,26-14-,58-22+/t25-,28+,30+,31+,35?,39-,46-,47+,51+,56-/m0/s1. The smallest absolute Gasteiger partial charge is 0.312 e. The van der Waals surface area contributed by atoms with E-state index in [1.54, 1.807) is 53.7 Å². The van der Waals surface area contributed by atoms with E-state index in [4.69, 9.17) is 23.8 Å². The summed E-state index contributed by atoms with van der Waals surface area (Å²) in [4.78, 5) is 62.1. The normalized spacial score (nSPS) is 29.3. The molecule has 19 heteroatoms. The zero-order valence-corrected chi connectivity index (χ0v) is 44.1. The number of carbonyl (C=O) groups excluding carboxylic acids is 3. The molecular formula is C56H67FN4O14. The third-order valence-corrected chi connectivity index (χ3v) is 15.5. The van der Waals surface area contributed by atoms with Crippen molar-refractivity contribution in [2.75, 3.05) is 30.4 Å². The number of aromatic nitrogens is 1. The predicted octanol–water partition coefficient (Wildman–Crippen LogP) is 7.63. The first-order chi connectivity index (χ1) is 35.4. The Morgan fingerprint density at radius 2 is 1.64 bits per heavy atom. The third-order valence-electron chi connectivity index (χ3n) is 15.5. The monoisotopic (exact) mass is 1040 g/mol. The fourth-order valence-corrected chi connectivity index (χ4v) is 10.9. The average Bonchev–Trinajstić information content (AvgIpc) is 4.06. The fraction of sp³-hybridized carbons (Fsp3) is 0.482. The Morgan fingerprint density at radius 3 is 2.31 bits per heavy atom. The number of methoxy groups -OCH3 is 1. The van der Waals surface area contributed by atoms with E-state index >= 15 is 4.39 Å². The number of hydrogen-bond acceptors (Lipinski definition) is 16. The lowest BCUT2D eigenvalue weighted by Gasteiger charge is -2.38. The largest absolute Gasteiger partial charge is 0.507 e. The maximum atomic E-state index is 16.1. The molecule has 1 saturated heterocycles. The summed E-state index contributed by atoms with van der Waals surface area (Å²) in [6.45, 7) is 16.4. The van der Waals surface area contributed by atoms with Crippen LogP contribution in [0.15, 0.2) is 58.4 Å². The number of anilines is 2. The lowest BCUT2D eigenvalue weighted by molar-refractivity contribution is -0.160. The first-order valence-electron chi connectivity index (χ1n) is 25.3. The highest BCUT2D eigenvalue weighted by Crippen LogP contribution is 2.55. The number of pyridine rings is 2. The molecule has 2 aromatic carbocycles. The van der Waals surface area contributed by atoms with Gasteiger partial charge in [-0.2, -0.15) is 0 Å². The second kappa shape index (κ2) is 21.0. The number of fused-ring (bicyclic) bond motifs is 15. The number of amides is 1. The van der Waals surface area contributed by atoms with E-state index in [-0.39, 0.29) is 51.4 Å². The Bertz CT molecular complexity index is 3160. The van der Waals surface area contributed by atoms with Gasteiger partial charge in [0.1, 0.15) is 29.5 Å². The Hall–Kier alpha value is -6.96. The Kier molecular flexibility index (Phi) is 15.2. The molecule has 0 radical (unpaired) electrons. The number of phenolic OH excluding ortho intramolecular Hbond substituents is 3. The summed E-state index contributed by atoms with van der Waals surface area (Å²) in [6, 6.07) is 1.90. The van der Waals surface area contributed by atoms with Crippen LogP contribution in [0.1, 0.15) is 112 Å². The van der Waals surface area contributed by atoms with Crippen molar-refractivity contribution in [1.29, 1.82) is 0 Å². The highest BCUT2D eigenvalue weighted by atomic mass is 19.1. The number of ether oxygens (including phenoxy) is 4. The van der Waals surface area contributed by atoms with Gasteiger partial charge in [0.05, 0.1) is 76.9 Å². The van der Waals surface area contributed by atoms with Gasteiger partial charge in [0.2, 0.25) is 0 Å². The number of aliphatic hydroxyl groups is 2. The lowest BCUT2D eigenvalue weighted by Crippen LogP contribution is -2.46. The van der Waals surface area contributed by atoms with Crippen molar-refractivity contribution in [3.05, 3.63) is 98.0 Å². The van der Waals surface area contributed by atoms with Crippen LogP contribution in [0, 0.1) is 50.3 Å². The van der Waals surface area contributed by atoms with E-state index < -0.39 is 112 Å². The number of ketones is 1. The summed E-state index contributed by atoms with van der Waals surface area (Å²) < 4.78 is 41.2. The topological polar surface area (TPSA) is 248 Å². The zero-order chi connectivity index (χ0) is 54.7. The van der Waals surface area contributed by atoms with Crippen LogP contribution in [0.25, 0.3) is 16.3 Å². The molecule has 5 aliphatic rings. The summed E-state index contributed by atoms with van der Waals surface area (Å²) >= 11 is 0. The number of allylic oxidation sites excluding steroid dienone is 2. The molecule has 2 fully saturated rings. The second-order valence-corrected chi connectivity index (χ2v) is 20.8. The minimum atomic E-state index is -2.13. The number of benzene rings is 2. The predicted molar refractivity (Wildman–Crippen MR) is 278 cm³/mol. The molecule has 5 bridgehead atoms. The van der Waals surface area contributed by atoms with Crippen molar-refractivity contribution in [2.45, 2.75) is 131 Å². The minimum Gasteiger partial charge on any atom is -0.507 e. The highest BCUT2D eigenvalue weighted by Gasteiger charge is 2.50. The number of aryl methyl sites for hydroxylation is 2. The molecule has 75 heavy (non-hydrogen) atoms. The lowest BCUT2D eigenvalue weighted by atomic mass is 9.78. The number of esters is 1. The second-order valence-electron chi connectivity index (χ2n) is 20.8. The van der Waals surface area contributed by atoms with Gasteiger partial charge >= 0.3 is 11.8 Å². The number of carbonyl (C=O) groups is 3. The maximum absolute atomic E-state index is 16.1. The van der Waals surface area contributed by atoms with Crippen LogP contribution in [0.4, 0.5) is 15.8 Å². The van der Waals surface area contributed by atoms with Crippen molar-refractivity contribution >= 4 is 51.5 Å². The molecule has 18 nitrogen and oxygen atoms in total. The van der Waals surface area contributed by atoms with Gasteiger partial charge in [-0.1, -0.05) is 51.1 Å². The Labute approximate surface area is 433 Å². The molecule has 1 unspecified atom stereocenters. The number of Topliss-reactive ketones (excluding diaryl/α,β-unsaturated/α-hetero) is 1. The molecule has 6 N–H and O–H groups in total. The Balaban J connectivity index is 1.19. The Morgan fingerprint density at radius 1 is 0.933 bits per heavy atom. The van der Waals surface area contributed by atoms with E-state index in [2.05, 4.69) is 10.5 Å². The van der Waals surface area contributed by atoms with Crippen LogP contribution in [0.5, 0.6) is 23.0 Å². The molecular weight excluding hydrogens is 972 g/mol. The molecule has 6 heterocycles. The summed E-state index contributed by atoms with van der Waals surface area (Å²) in [5.74, 6) is -9.50. The van der Waals surface area contributed by atoms with Crippen molar-refractivity contribution in [3.8, 4) is 23.0 Å². The number of phenols is 3. The summed E-state index contributed by atoms with van der Waals surface area (Å²) in [5.41, 5.74) is 1.99. The van der Waals surface area contributed by atoms with Gasteiger partial charge in [-0.25, -0.2) is 4.39 Å². The summed E-state index contributed by atoms with van der Waals surface area (Å²) in [6.07, 6.45) is 7.22. The molecule has 2 aromatic heterocycles. The SMILES string of the molecule is CO[C@H]1/C=C/O[C@@]2(C)Oc3c(C)c(O)c4c(O)c(c(/C=N/OC5CCN(c6c(F)cn7c(=O)c(C)cc(C8CC8)c7c6C)C5)c(O)c4c3C2=O)NC(=O)/C(C)=C\C=C\[C@H](C)[C@H](O)[C@@H](C)[C@@H](O)[C@@H](C)[C@H](OC(C)=O)[C@@H]1C. The average molecular weight is 1040 g/mol. The zero-order valence-electron chi connectivity index (χ0n) is 44.1. The molecule has 1 saturated carbocycles. The number of oxime groups is 1. The fourth-order valence-electron chi connectivity index (χ4n) is 10.9. The number of halogens is 1. The van der Waals surface area contributed by atoms with Gasteiger partial charge in [-0.15, -0.1) is 0 Å². The van der Waals surface area contributed by atoms with Crippen molar-refractivity contribution in [3.63, 3.8) is 0 Å². The molecule has 4 aliphatic heterocycles. The van der Waals surface area contributed by atoms with Gasteiger partial charge in [-0.05, 0) is 69.7 Å². The van der Waals surface area contributed by atoms with Crippen LogP contribution in [0.2, 0.25) is 0 Å². The van der Waals surface area contributed by atoms with Crippen LogP contribution in [-0.4, -0.2) is 110 Å². The molecule has 0 spiro atoms. The van der Waals surface area contributed by atoms with E-state index in [0.717, 1.165) is 24.6 Å². The highest BCUT2D eigenvalue weighted by molar-refractivity contribution is 6.23. The van der Waals surface area contributed by atoms with Crippen LogP contribution >= 0.6 is 0 Å². The van der Waals surface area contributed by atoms with Crippen molar-refractivity contribution in [1.82, 2.24) is 4.40 Å². The van der Waals surface area contributed by atoms with E-state index in [1.165, 1.54) is 63.8 Å². The molecule has 4 aromatic rings. The number of aliphatic hydroxyl groups excluding tert-OH is 2. The van der Waals surface area contributed by atoms with E-state index in [0.29, 0.717) is 35.3 Å². The quantitative estimate of drug-likeness (QED) is 0.0342. The number of rotatable bonds is 7. The van der Waals surface area contributed by atoms with Crippen LogP contribution in [-0.2, 0) is 28.6 Å². The maximum Gasteiger partial charge on any atom is 0.312 e.